The molecule has 4 nitrogen and oxygen atoms in total. The first kappa shape index (κ1) is 17.2. The Bertz CT molecular complexity index is 495. The highest BCUT2D eigenvalue weighted by Crippen LogP contribution is 2.21. The summed E-state index contributed by atoms with van der Waals surface area (Å²) in [6.07, 6.45) is 2.62. The number of carbonyl (C=O) groups is 1. The number of para-hydroxylation sites is 1. The fraction of sp³-hybridized carbons (Fsp3) is 0.588. The van der Waals surface area contributed by atoms with Gasteiger partial charge in [0.2, 0.25) is 0 Å². The summed E-state index contributed by atoms with van der Waals surface area (Å²) in [5.74, 6) is 0.705. The molecule has 22 heavy (non-hydrogen) atoms. The molecule has 1 aliphatic rings. The smallest absolute Gasteiger partial charge is 0.251 e. The van der Waals surface area contributed by atoms with Crippen molar-refractivity contribution in [2.24, 2.45) is 0 Å². The minimum Gasteiger partial charge on any atom is -0.383 e. The average Bonchev–Trinajstić information content (AvgIpc) is 2.78. The molecule has 5 heteroatoms. The molecule has 1 aromatic rings. The van der Waals surface area contributed by atoms with Gasteiger partial charge in [0.15, 0.2) is 0 Å². The first-order valence-corrected chi connectivity index (χ1v) is 9.29. The monoisotopic (exact) mass is 322 g/mol. The maximum absolute atomic E-state index is 12.3. The van der Waals surface area contributed by atoms with Crippen molar-refractivity contribution >= 4 is 23.4 Å². The molecular formula is C17H26N2O2S. The lowest BCUT2D eigenvalue weighted by Gasteiger charge is -2.26. The highest BCUT2D eigenvalue weighted by Gasteiger charge is 2.24. The molecule has 1 atom stereocenters. The van der Waals surface area contributed by atoms with Gasteiger partial charge in [0.05, 0.1) is 0 Å². The van der Waals surface area contributed by atoms with E-state index in [1.807, 2.05) is 11.2 Å². The first-order valence-electron chi connectivity index (χ1n) is 7.90. The Hall–Kier alpha value is -1.20. The maximum Gasteiger partial charge on any atom is 0.251 e. The van der Waals surface area contributed by atoms with Gasteiger partial charge < -0.3 is 14.9 Å². The number of benzene rings is 1. The van der Waals surface area contributed by atoms with Crippen LogP contribution in [0.25, 0.3) is 0 Å². The van der Waals surface area contributed by atoms with Gasteiger partial charge in [-0.2, -0.15) is 11.8 Å². The topological polar surface area (TPSA) is 43.8 Å². The lowest BCUT2D eigenvalue weighted by Crippen LogP contribution is -2.41. The van der Waals surface area contributed by atoms with Crippen LogP contribution in [0.2, 0.25) is 0 Å². The van der Waals surface area contributed by atoms with Gasteiger partial charge in [-0.15, -0.1) is 0 Å². The number of hydrogen-bond donors (Lipinski definition) is 1. The van der Waals surface area contributed by atoms with E-state index in [4.69, 9.17) is 0 Å². The number of anilines is 1. The van der Waals surface area contributed by atoms with Gasteiger partial charge in [-0.3, -0.25) is 4.79 Å². The Morgan fingerprint density at radius 3 is 2.77 bits per heavy atom. The SMILES string of the molecule is CSCCC(O)C(=O)N1CCCN(c2ccccc2C)CC1. The van der Waals surface area contributed by atoms with Crippen molar-refractivity contribution in [1.82, 2.24) is 4.90 Å². The van der Waals surface area contributed by atoms with Crippen LogP contribution in [0.4, 0.5) is 5.69 Å². The van der Waals surface area contributed by atoms with Gasteiger partial charge >= 0.3 is 0 Å². The molecule has 0 aromatic heterocycles. The molecule has 0 aliphatic carbocycles. The Balaban J connectivity index is 1.95. The molecule has 0 saturated carbocycles. The Morgan fingerprint density at radius 1 is 1.27 bits per heavy atom. The van der Waals surface area contributed by atoms with Crippen LogP contribution in [0, 0.1) is 6.92 Å². The molecule has 1 N–H and O–H groups in total. The minimum absolute atomic E-state index is 0.110. The lowest BCUT2D eigenvalue weighted by molar-refractivity contribution is -0.140. The standard InChI is InChI=1S/C17H26N2O2S/c1-14-6-3-4-7-15(14)18-9-5-10-19(12-11-18)17(21)16(20)8-13-22-2/h3-4,6-7,16,20H,5,8-13H2,1-2H3. The average molecular weight is 322 g/mol. The summed E-state index contributed by atoms with van der Waals surface area (Å²) in [7, 11) is 0. The summed E-state index contributed by atoms with van der Waals surface area (Å²) in [4.78, 5) is 16.5. The number of hydrogen-bond acceptors (Lipinski definition) is 4. The van der Waals surface area contributed by atoms with E-state index in [0.29, 0.717) is 13.0 Å². The van der Waals surface area contributed by atoms with Crippen LogP contribution >= 0.6 is 11.8 Å². The van der Waals surface area contributed by atoms with Crippen molar-refractivity contribution in [3.05, 3.63) is 29.8 Å². The Kier molecular flexibility index (Phi) is 6.58. The zero-order valence-electron chi connectivity index (χ0n) is 13.5. The third kappa shape index (κ3) is 4.40. The molecule has 1 heterocycles. The van der Waals surface area contributed by atoms with Gasteiger partial charge in [-0.05, 0) is 43.4 Å². The summed E-state index contributed by atoms with van der Waals surface area (Å²) in [5, 5.41) is 10.0. The number of nitrogens with zero attached hydrogens (tertiary/aromatic N) is 2. The maximum atomic E-state index is 12.3. The zero-order chi connectivity index (χ0) is 15.9. The van der Waals surface area contributed by atoms with Crippen molar-refractivity contribution in [1.29, 1.82) is 0 Å². The molecular weight excluding hydrogens is 296 g/mol. The number of carbonyl (C=O) groups excluding carboxylic acids is 1. The molecule has 122 valence electrons. The van der Waals surface area contributed by atoms with Crippen molar-refractivity contribution in [3.8, 4) is 0 Å². The highest BCUT2D eigenvalue weighted by molar-refractivity contribution is 7.98. The van der Waals surface area contributed by atoms with Crippen LogP contribution in [0.1, 0.15) is 18.4 Å². The zero-order valence-corrected chi connectivity index (χ0v) is 14.3. The van der Waals surface area contributed by atoms with E-state index >= 15 is 0 Å². The number of thioether (sulfide) groups is 1. The first-order chi connectivity index (χ1) is 10.6. The van der Waals surface area contributed by atoms with Crippen LogP contribution in [0.3, 0.4) is 0 Å². The van der Waals surface area contributed by atoms with E-state index in [0.717, 1.165) is 31.8 Å². The summed E-state index contributed by atoms with van der Waals surface area (Å²) in [6, 6.07) is 8.37. The van der Waals surface area contributed by atoms with Gasteiger partial charge in [-0.1, -0.05) is 18.2 Å². The lowest BCUT2D eigenvalue weighted by atomic mass is 10.2. The second kappa shape index (κ2) is 8.44. The van der Waals surface area contributed by atoms with E-state index < -0.39 is 6.10 Å². The third-order valence-corrected chi connectivity index (χ3v) is 4.79. The number of amides is 1. The van der Waals surface area contributed by atoms with Crippen LogP contribution in [-0.4, -0.2) is 60.2 Å². The second-order valence-corrected chi connectivity index (χ2v) is 6.74. The molecule has 1 saturated heterocycles. The molecule has 2 rings (SSSR count). The van der Waals surface area contributed by atoms with Crippen LogP contribution in [0.5, 0.6) is 0 Å². The normalized spacial score (nSPS) is 17.2. The predicted molar refractivity (Wildman–Crippen MR) is 93.6 cm³/mol. The quantitative estimate of drug-likeness (QED) is 0.902. The van der Waals surface area contributed by atoms with Gasteiger partial charge in [0.25, 0.3) is 5.91 Å². The molecule has 1 amide bonds. The fourth-order valence-corrected chi connectivity index (χ4v) is 3.32. The summed E-state index contributed by atoms with van der Waals surface area (Å²) in [5.41, 5.74) is 2.52. The van der Waals surface area contributed by atoms with Crippen LogP contribution in [-0.2, 0) is 4.79 Å². The van der Waals surface area contributed by atoms with E-state index in [-0.39, 0.29) is 5.91 Å². The highest BCUT2D eigenvalue weighted by atomic mass is 32.2. The second-order valence-electron chi connectivity index (χ2n) is 5.75. The molecule has 1 aliphatic heterocycles. The number of aliphatic hydroxyl groups excluding tert-OH is 1. The molecule has 1 aromatic carbocycles. The number of aliphatic hydroxyl groups is 1. The Morgan fingerprint density at radius 2 is 2.05 bits per heavy atom. The van der Waals surface area contributed by atoms with Crippen LogP contribution in [0.15, 0.2) is 24.3 Å². The van der Waals surface area contributed by atoms with Crippen molar-refractivity contribution in [3.63, 3.8) is 0 Å². The van der Waals surface area contributed by atoms with Gasteiger partial charge in [0.1, 0.15) is 6.10 Å². The Labute approximate surface area is 137 Å². The number of rotatable bonds is 5. The summed E-state index contributed by atoms with van der Waals surface area (Å²) < 4.78 is 0. The fourth-order valence-electron chi connectivity index (χ4n) is 2.86. The van der Waals surface area contributed by atoms with Crippen LogP contribution < -0.4 is 4.90 Å². The molecule has 1 unspecified atom stereocenters. The molecule has 1 fully saturated rings. The summed E-state index contributed by atoms with van der Waals surface area (Å²) >= 11 is 1.66. The molecule has 0 spiro atoms. The number of aryl methyl sites for hydroxylation is 1. The van der Waals surface area contributed by atoms with Gasteiger partial charge in [-0.25, -0.2) is 0 Å². The predicted octanol–water partition coefficient (Wildman–Crippen LogP) is 2.15. The third-order valence-electron chi connectivity index (χ3n) is 4.14. The van der Waals surface area contributed by atoms with E-state index in [1.54, 1.807) is 11.8 Å². The largest absolute Gasteiger partial charge is 0.383 e. The van der Waals surface area contributed by atoms with E-state index in [9.17, 15) is 9.90 Å². The van der Waals surface area contributed by atoms with Gasteiger partial charge in [0, 0.05) is 31.9 Å². The van der Waals surface area contributed by atoms with Crippen molar-refractivity contribution in [2.45, 2.75) is 25.9 Å². The van der Waals surface area contributed by atoms with Crippen molar-refractivity contribution in [2.75, 3.05) is 43.1 Å². The summed E-state index contributed by atoms with van der Waals surface area (Å²) in [6.45, 7) is 5.32. The molecule has 0 bridgehead atoms. The van der Waals surface area contributed by atoms with E-state index in [2.05, 4.69) is 36.1 Å². The van der Waals surface area contributed by atoms with E-state index in [1.165, 1.54) is 11.3 Å². The molecule has 0 radical (unpaired) electrons. The minimum atomic E-state index is -0.850. The van der Waals surface area contributed by atoms with Crippen molar-refractivity contribution < 1.29 is 9.90 Å².